The molecule has 0 amide bonds. The number of carbonyl (C=O) groups excluding carboxylic acids is 1. The van der Waals surface area contributed by atoms with Crippen molar-refractivity contribution < 1.29 is 34.0 Å². The van der Waals surface area contributed by atoms with Crippen LogP contribution in [0.4, 0.5) is 4.79 Å². The van der Waals surface area contributed by atoms with E-state index in [2.05, 4.69) is 0 Å². The minimum Gasteiger partial charge on any atom is -0.431 e. The van der Waals surface area contributed by atoms with Crippen molar-refractivity contribution in [2.75, 3.05) is 39.6 Å². The van der Waals surface area contributed by atoms with Crippen molar-refractivity contribution in [3.63, 3.8) is 0 Å². The molecule has 7 heteroatoms. The van der Waals surface area contributed by atoms with Crippen molar-refractivity contribution in [3.05, 3.63) is 0 Å². The molecule has 0 aromatic carbocycles. The number of carbonyl (C=O) groups is 1. The smallest absolute Gasteiger partial charge is 0.431 e. The van der Waals surface area contributed by atoms with Crippen LogP contribution in [0, 0.1) is 0 Å². The van der Waals surface area contributed by atoms with Gasteiger partial charge in [0.15, 0.2) is 0 Å². The van der Waals surface area contributed by atoms with E-state index < -0.39 is 18.4 Å². The monoisotopic (exact) mass is 266 g/mol. The molecule has 2 unspecified atom stereocenters. The third-order valence-electron chi connectivity index (χ3n) is 1.99. The minimum absolute atomic E-state index is 0.0817. The molecule has 0 saturated heterocycles. The number of ether oxygens (including phenoxy) is 4. The van der Waals surface area contributed by atoms with Gasteiger partial charge in [0.05, 0.1) is 13.2 Å². The number of hydrogen-bond donors (Lipinski definition) is 2. The van der Waals surface area contributed by atoms with Gasteiger partial charge in [0.1, 0.15) is 25.4 Å². The summed E-state index contributed by atoms with van der Waals surface area (Å²) < 4.78 is 19.6. The van der Waals surface area contributed by atoms with Crippen molar-refractivity contribution in [1.29, 1.82) is 0 Å². The fraction of sp³-hybridized carbons (Fsp3) is 0.909. The van der Waals surface area contributed by atoms with Gasteiger partial charge in [-0.2, -0.15) is 0 Å². The summed E-state index contributed by atoms with van der Waals surface area (Å²) in [6.45, 7) is 3.74. The Hall–Kier alpha value is -0.890. The van der Waals surface area contributed by atoms with Crippen molar-refractivity contribution >= 4 is 6.16 Å². The first kappa shape index (κ1) is 17.1. The van der Waals surface area contributed by atoms with Gasteiger partial charge in [-0.3, -0.25) is 0 Å². The normalized spacial score (nSPS) is 14.0. The Morgan fingerprint density at radius 2 is 1.33 bits per heavy atom. The molecule has 108 valence electrons. The third kappa shape index (κ3) is 8.24. The molecule has 0 heterocycles. The molecule has 0 fully saturated rings. The van der Waals surface area contributed by atoms with Crippen LogP contribution in [0.15, 0.2) is 0 Å². The van der Waals surface area contributed by atoms with E-state index in [0.29, 0.717) is 13.2 Å². The summed E-state index contributed by atoms with van der Waals surface area (Å²) in [5, 5.41) is 17.8. The first-order chi connectivity index (χ1) is 8.67. The van der Waals surface area contributed by atoms with Crippen LogP contribution >= 0.6 is 0 Å². The van der Waals surface area contributed by atoms with E-state index in [4.69, 9.17) is 29.2 Å². The van der Waals surface area contributed by atoms with Crippen molar-refractivity contribution in [2.24, 2.45) is 0 Å². The lowest BCUT2D eigenvalue weighted by Crippen LogP contribution is -2.29. The summed E-state index contributed by atoms with van der Waals surface area (Å²) in [7, 11) is 0. The van der Waals surface area contributed by atoms with Crippen molar-refractivity contribution in [2.45, 2.75) is 26.1 Å². The van der Waals surface area contributed by atoms with E-state index >= 15 is 0 Å². The van der Waals surface area contributed by atoms with E-state index in [1.54, 1.807) is 13.8 Å². The SMILES string of the molecule is CCOC(CO)COC(=O)OCC(CO)OCC. The lowest BCUT2D eigenvalue weighted by molar-refractivity contribution is -0.0549. The van der Waals surface area contributed by atoms with E-state index in [-0.39, 0.29) is 26.4 Å². The Labute approximate surface area is 107 Å². The van der Waals surface area contributed by atoms with Gasteiger partial charge in [-0.15, -0.1) is 0 Å². The maximum atomic E-state index is 11.2. The van der Waals surface area contributed by atoms with Gasteiger partial charge in [-0.25, -0.2) is 4.79 Å². The summed E-state index contributed by atoms with van der Waals surface area (Å²) in [6, 6.07) is 0. The van der Waals surface area contributed by atoms with Crippen LogP contribution in [0.5, 0.6) is 0 Å². The van der Waals surface area contributed by atoms with E-state index in [0.717, 1.165) is 0 Å². The lowest BCUT2D eigenvalue weighted by atomic mass is 10.4. The highest BCUT2D eigenvalue weighted by atomic mass is 16.7. The van der Waals surface area contributed by atoms with E-state index in [1.807, 2.05) is 0 Å². The summed E-state index contributed by atoms with van der Waals surface area (Å²) in [5.74, 6) is 0. The molecule has 0 rings (SSSR count). The zero-order valence-corrected chi connectivity index (χ0v) is 10.8. The second-order valence-corrected chi connectivity index (χ2v) is 3.39. The fourth-order valence-corrected chi connectivity index (χ4v) is 1.14. The van der Waals surface area contributed by atoms with Gasteiger partial charge < -0.3 is 29.2 Å². The highest BCUT2D eigenvalue weighted by Gasteiger charge is 2.14. The lowest BCUT2D eigenvalue weighted by Gasteiger charge is -2.16. The minimum atomic E-state index is -0.883. The Bertz CT molecular complexity index is 190. The quantitative estimate of drug-likeness (QED) is 0.535. The Kier molecular flexibility index (Phi) is 10.7. The Morgan fingerprint density at radius 3 is 1.61 bits per heavy atom. The van der Waals surface area contributed by atoms with Gasteiger partial charge in [-0.1, -0.05) is 0 Å². The number of aliphatic hydroxyl groups is 2. The largest absolute Gasteiger partial charge is 0.508 e. The molecule has 0 radical (unpaired) electrons. The third-order valence-corrected chi connectivity index (χ3v) is 1.99. The summed E-state index contributed by atoms with van der Waals surface area (Å²) in [4.78, 5) is 11.2. The number of rotatable bonds is 10. The van der Waals surface area contributed by atoms with Crippen LogP contribution in [0.3, 0.4) is 0 Å². The van der Waals surface area contributed by atoms with E-state index in [1.165, 1.54) is 0 Å². The van der Waals surface area contributed by atoms with Crippen LogP contribution in [0.1, 0.15) is 13.8 Å². The van der Waals surface area contributed by atoms with Crippen LogP contribution in [-0.4, -0.2) is 68.2 Å². The molecular weight excluding hydrogens is 244 g/mol. The second-order valence-electron chi connectivity index (χ2n) is 3.39. The maximum absolute atomic E-state index is 11.2. The Balaban J connectivity index is 3.75. The van der Waals surface area contributed by atoms with Gasteiger partial charge >= 0.3 is 6.16 Å². The highest BCUT2D eigenvalue weighted by molar-refractivity contribution is 5.59. The van der Waals surface area contributed by atoms with Gasteiger partial charge in [0.25, 0.3) is 0 Å². The van der Waals surface area contributed by atoms with Crippen LogP contribution < -0.4 is 0 Å². The summed E-state index contributed by atoms with van der Waals surface area (Å²) in [5.41, 5.74) is 0. The molecule has 0 aliphatic heterocycles. The molecule has 0 aliphatic rings. The first-order valence-electron chi connectivity index (χ1n) is 5.92. The predicted octanol–water partition coefficient (Wildman–Crippen LogP) is -0.0656. The standard InChI is InChI=1S/C11H22O7/c1-3-15-9(5-12)7-17-11(14)18-8-10(6-13)16-4-2/h9-10,12-13H,3-8H2,1-2H3. The van der Waals surface area contributed by atoms with Gasteiger partial charge in [-0.05, 0) is 13.8 Å². The zero-order valence-electron chi connectivity index (χ0n) is 10.8. The first-order valence-corrected chi connectivity index (χ1v) is 5.92. The second kappa shape index (κ2) is 11.2. The molecule has 2 atom stereocenters. The van der Waals surface area contributed by atoms with Crippen LogP contribution in [0.25, 0.3) is 0 Å². The summed E-state index contributed by atoms with van der Waals surface area (Å²) in [6.07, 6.45) is -1.99. The number of aliphatic hydroxyl groups excluding tert-OH is 2. The molecular formula is C11H22O7. The van der Waals surface area contributed by atoms with Crippen molar-refractivity contribution in [1.82, 2.24) is 0 Å². The maximum Gasteiger partial charge on any atom is 0.508 e. The van der Waals surface area contributed by atoms with Crippen molar-refractivity contribution in [3.8, 4) is 0 Å². The molecule has 0 spiro atoms. The molecule has 0 bridgehead atoms. The molecule has 0 aliphatic carbocycles. The van der Waals surface area contributed by atoms with Crippen LogP contribution in [-0.2, 0) is 18.9 Å². The molecule has 2 N–H and O–H groups in total. The highest BCUT2D eigenvalue weighted by Crippen LogP contribution is 1.97. The van der Waals surface area contributed by atoms with Gasteiger partial charge in [0, 0.05) is 13.2 Å². The Morgan fingerprint density at radius 1 is 0.944 bits per heavy atom. The average Bonchev–Trinajstić information content (AvgIpc) is 2.39. The molecule has 0 aromatic rings. The molecule has 7 nitrogen and oxygen atoms in total. The number of hydrogen-bond acceptors (Lipinski definition) is 7. The predicted molar refractivity (Wildman–Crippen MR) is 62.3 cm³/mol. The molecule has 0 aromatic heterocycles. The van der Waals surface area contributed by atoms with Gasteiger partial charge in [0.2, 0.25) is 0 Å². The average molecular weight is 266 g/mol. The summed E-state index contributed by atoms with van der Waals surface area (Å²) >= 11 is 0. The van der Waals surface area contributed by atoms with E-state index in [9.17, 15) is 4.79 Å². The zero-order chi connectivity index (χ0) is 13.8. The fourth-order valence-electron chi connectivity index (χ4n) is 1.14. The molecule has 18 heavy (non-hydrogen) atoms. The topological polar surface area (TPSA) is 94.5 Å². The molecule has 0 saturated carbocycles. The van der Waals surface area contributed by atoms with Crippen LogP contribution in [0.2, 0.25) is 0 Å².